The molecule has 1 aromatic rings. The number of hydrogen-bond acceptors (Lipinski definition) is 4. The van der Waals surface area contributed by atoms with E-state index in [4.69, 9.17) is 9.62 Å². The molecule has 110 valence electrons. The third kappa shape index (κ3) is 3.40. The second kappa shape index (κ2) is 6.90. The molecule has 0 saturated heterocycles. The van der Waals surface area contributed by atoms with Crippen LogP contribution in [0.15, 0.2) is 12.1 Å². The van der Waals surface area contributed by atoms with Crippen molar-refractivity contribution in [2.75, 3.05) is 19.0 Å². The molecule has 7 heteroatoms. The second-order valence-corrected chi connectivity index (χ2v) is 5.11. The predicted octanol–water partition coefficient (Wildman–Crippen LogP) is 3.00. The first-order valence-corrected chi connectivity index (χ1v) is 7.27. The number of benzene rings is 1. The highest BCUT2D eigenvalue weighted by Crippen LogP contribution is 2.29. The van der Waals surface area contributed by atoms with Gasteiger partial charge in [0.15, 0.2) is 0 Å². The lowest BCUT2D eigenvalue weighted by atomic mass is 10.1. The Labute approximate surface area is 124 Å². The van der Waals surface area contributed by atoms with E-state index in [2.05, 4.69) is 20.8 Å². The quantitative estimate of drug-likeness (QED) is 0.355. The van der Waals surface area contributed by atoms with Crippen LogP contribution in [-0.4, -0.2) is 30.0 Å². The van der Waals surface area contributed by atoms with Crippen molar-refractivity contribution in [3.8, 4) is 5.75 Å². The summed E-state index contributed by atoms with van der Waals surface area (Å²) >= 11 is 3.24. The zero-order valence-electron chi connectivity index (χ0n) is 11.0. The molecule has 0 bridgehead atoms. The van der Waals surface area contributed by atoms with Crippen molar-refractivity contribution in [3.05, 3.63) is 29.1 Å². The highest BCUT2D eigenvalue weighted by molar-refractivity contribution is 9.09. The van der Waals surface area contributed by atoms with Crippen LogP contribution < -0.4 is 4.74 Å². The fourth-order valence-electron chi connectivity index (χ4n) is 1.94. The summed E-state index contributed by atoms with van der Waals surface area (Å²) in [6, 6.07) is 3.03. The van der Waals surface area contributed by atoms with Gasteiger partial charge in [0.1, 0.15) is 11.6 Å². The predicted molar refractivity (Wildman–Crippen MR) is 73.0 cm³/mol. The van der Waals surface area contributed by atoms with E-state index >= 15 is 0 Å². The second-order valence-electron chi connectivity index (χ2n) is 4.32. The molecule has 0 aliphatic carbocycles. The number of fused-ring (bicyclic) bond motifs is 1. The van der Waals surface area contributed by atoms with Gasteiger partial charge in [0.25, 0.3) is 0 Å². The molecule has 0 radical (unpaired) electrons. The fraction of sp³-hybridized carbons (Fsp3) is 0.462. The van der Waals surface area contributed by atoms with Gasteiger partial charge in [0.2, 0.25) is 0 Å². The molecule has 1 amide bonds. The van der Waals surface area contributed by atoms with E-state index in [9.17, 15) is 9.18 Å². The summed E-state index contributed by atoms with van der Waals surface area (Å²) in [4.78, 5) is 22.6. The zero-order valence-corrected chi connectivity index (χ0v) is 12.6. The lowest BCUT2D eigenvalue weighted by Crippen LogP contribution is -2.26. The van der Waals surface area contributed by atoms with Crippen LogP contribution in [0, 0.1) is 5.82 Å². The first-order chi connectivity index (χ1) is 9.65. The summed E-state index contributed by atoms with van der Waals surface area (Å²) in [7, 11) is 1.47. The molecule has 0 unspecified atom stereocenters. The van der Waals surface area contributed by atoms with Gasteiger partial charge < -0.3 is 4.74 Å². The molecule has 0 N–H and O–H groups in total. The highest BCUT2D eigenvalue weighted by atomic mass is 79.9. The van der Waals surface area contributed by atoms with Gasteiger partial charge in [-0.05, 0) is 18.1 Å². The maximum absolute atomic E-state index is 13.8. The van der Waals surface area contributed by atoms with Crippen molar-refractivity contribution in [1.82, 2.24) is 4.90 Å². The Balaban J connectivity index is 1.95. The number of carbonyl (C=O) groups is 1. The largest absolute Gasteiger partial charge is 0.497 e. The van der Waals surface area contributed by atoms with E-state index < -0.39 is 6.09 Å². The van der Waals surface area contributed by atoms with Crippen LogP contribution in [0.5, 0.6) is 5.75 Å². The first-order valence-electron chi connectivity index (χ1n) is 6.15. The van der Waals surface area contributed by atoms with Crippen LogP contribution in [0.2, 0.25) is 0 Å². The van der Waals surface area contributed by atoms with Crippen molar-refractivity contribution in [3.63, 3.8) is 0 Å². The smallest absolute Gasteiger partial charge is 0.441 e. The minimum atomic E-state index is -0.617. The number of methoxy groups -OCH3 is 1. The zero-order chi connectivity index (χ0) is 14.5. The number of amides is 1. The molecular weight excluding hydrogens is 333 g/mol. The molecule has 0 atom stereocenters. The number of ether oxygens (including phenoxy) is 1. The number of nitrogens with zero attached hydrogens (tertiary/aromatic N) is 1. The summed E-state index contributed by atoms with van der Waals surface area (Å²) < 4.78 is 18.8. The van der Waals surface area contributed by atoms with Gasteiger partial charge in [-0.2, -0.15) is 4.89 Å². The maximum atomic E-state index is 13.8. The van der Waals surface area contributed by atoms with Crippen molar-refractivity contribution in [1.29, 1.82) is 0 Å². The molecule has 5 nitrogen and oxygen atoms in total. The van der Waals surface area contributed by atoms with Crippen LogP contribution in [0.3, 0.4) is 0 Å². The normalized spacial score (nSPS) is 13.2. The summed E-state index contributed by atoms with van der Waals surface area (Å²) in [6.07, 6.45) is 0.119. The molecule has 0 fully saturated rings. The van der Waals surface area contributed by atoms with Crippen LogP contribution in [0.1, 0.15) is 17.5 Å². The SMILES string of the molecule is COc1cc(F)c2c(c1)CN(C(=O)OOCCCBr)C2. The Morgan fingerprint density at radius 3 is 2.95 bits per heavy atom. The average Bonchev–Trinajstić information content (AvgIpc) is 2.88. The van der Waals surface area contributed by atoms with Crippen molar-refractivity contribution in [2.24, 2.45) is 0 Å². The molecule has 2 rings (SSSR count). The van der Waals surface area contributed by atoms with Gasteiger partial charge in [0, 0.05) is 17.0 Å². The minimum absolute atomic E-state index is 0.172. The highest BCUT2D eigenvalue weighted by Gasteiger charge is 2.28. The van der Waals surface area contributed by atoms with Gasteiger partial charge in [-0.3, -0.25) is 9.79 Å². The first kappa shape index (κ1) is 15.1. The van der Waals surface area contributed by atoms with E-state index in [0.717, 1.165) is 17.3 Å². The molecule has 1 heterocycles. The Morgan fingerprint density at radius 1 is 1.45 bits per heavy atom. The van der Waals surface area contributed by atoms with Gasteiger partial charge in [-0.25, -0.2) is 9.18 Å². The molecule has 20 heavy (non-hydrogen) atoms. The third-order valence-electron chi connectivity index (χ3n) is 2.96. The van der Waals surface area contributed by atoms with Crippen molar-refractivity contribution < 1.29 is 23.7 Å². The molecule has 1 aliphatic rings. The standard InChI is InChI=1S/C13H15BrFNO4/c1-18-10-5-9-7-16(8-11(9)12(15)6-10)13(17)20-19-4-2-3-14/h5-6H,2-4,7-8H2,1H3. The van der Waals surface area contributed by atoms with Crippen molar-refractivity contribution >= 4 is 22.0 Å². The van der Waals surface area contributed by atoms with Crippen LogP contribution in [-0.2, 0) is 22.9 Å². The Kier molecular flexibility index (Phi) is 5.19. The van der Waals surface area contributed by atoms with Gasteiger partial charge in [-0.15, -0.1) is 0 Å². The Bertz CT molecular complexity index is 498. The Morgan fingerprint density at radius 2 is 2.25 bits per heavy atom. The molecule has 0 spiro atoms. The van der Waals surface area contributed by atoms with Gasteiger partial charge in [-0.1, -0.05) is 15.9 Å². The average molecular weight is 348 g/mol. The number of rotatable bonds is 5. The van der Waals surface area contributed by atoms with Gasteiger partial charge in [0.05, 0.1) is 26.8 Å². The lowest BCUT2D eigenvalue weighted by molar-refractivity contribution is -0.245. The fourth-order valence-corrected chi connectivity index (χ4v) is 2.17. The van der Waals surface area contributed by atoms with E-state index in [1.807, 2.05) is 0 Å². The summed E-state index contributed by atoms with van der Waals surface area (Å²) in [5, 5.41) is 0.769. The summed E-state index contributed by atoms with van der Waals surface area (Å²) in [6.45, 7) is 0.774. The number of carbonyl (C=O) groups excluding carboxylic acids is 1. The van der Waals surface area contributed by atoms with E-state index in [0.29, 0.717) is 17.9 Å². The number of halogens is 2. The minimum Gasteiger partial charge on any atom is -0.497 e. The summed E-state index contributed by atoms with van der Waals surface area (Å²) in [5.74, 6) is 0.0555. The van der Waals surface area contributed by atoms with Crippen LogP contribution >= 0.6 is 15.9 Å². The topological polar surface area (TPSA) is 48.0 Å². The third-order valence-corrected chi connectivity index (χ3v) is 3.52. The molecule has 1 aromatic carbocycles. The maximum Gasteiger partial charge on any atom is 0.441 e. The van der Waals surface area contributed by atoms with Crippen LogP contribution in [0.4, 0.5) is 9.18 Å². The number of alkyl halides is 1. The summed E-state index contributed by atoms with van der Waals surface area (Å²) in [5.41, 5.74) is 1.21. The Hall–Kier alpha value is -1.34. The van der Waals surface area contributed by atoms with Crippen LogP contribution in [0.25, 0.3) is 0 Å². The molecule has 0 aromatic heterocycles. The molecule has 1 aliphatic heterocycles. The number of hydrogen-bond donors (Lipinski definition) is 0. The van der Waals surface area contributed by atoms with E-state index in [1.54, 1.807) is 6.07 Å². The van der Waals surface area contributed by atoms with E-state index in [-0.39, 0.29) is 18.9 Å². The molecular formula is C13H15BrFNO4. The lowest BCUT2D eigenvalue weighted by Gasteiger charge is -2.13. The molecule has 0 saturated carbocycles. The van der Waals surface area contributed by atoms with Crippen molar-refractivity contribution in [2.45, 2.75) is 19.5 Å². The monoisotopic (exact) mass is 347 g/mol. The van der Waals surface area contributed by atoms with Gasteiger partial charge >= 0.3 is 6.09 Å². The van der Waals surface area contributed by atoms with E-state index in [1.165, 1.54) is 18.1 Å².